The number of hydrogen-bond acceptors (Lipinski definition) is 7. The standard InChI is InChI=1S/C19H14O7/c1-11(20)24-14-8-15-18(16(9-14)25-12(2)21)19(22)17(10-23-15)26-13-6-4-3-5-7-13/h3-10H,1-2H3. The van der Waals surface area contributed by atoms with Crippen LogP contribution >= 0.6 is 0 Å². The van der Waals surface area contributed by atoms with Gasteiger partial charge >= 0.3 is 11.9 Å². The molecule has 0 bridgehead atoms. The van der Waals surface area contributed by atoms with Gasteiger partial charge in [0, 0.05) is 26.0 Å². The summed E-state index contributed by atoms with van der Waals surface area (Å²) < 4.78 is 21.0. The van der Waals surface area contributed by atoms with E-state index in [9.17, 15) is 14.4 Å². The predicted molar refractivity (Wildman–Crippen MR) is 91.6 cm³/mol. The van der Waals surface area contributed by atoms with Gasteiger partial charge in [-0.05, 0) is 12.1 Å². The minimum Gasteiger partial charge on any atom is -0.460 e. The third-order valence-corrected chi connectivity index (χ3v) is 3.27. The van der Waals surface area contributed by atoms with Crippen molar-refractivity contribution in [2.24, 2.45) is 0 Å². The quantitative estimate of drug-likeness (QED) is 0.523. The molecule has 132 valence electrons. The Bertz CT molecular complexity index is 1030. The summed E-state index contributed by atoms with van der Waals surface area (Å²) in [5, 5.41) is 0.00420. The number of benzene rings is 2. The average molecular weight is 354 g/mol. The summed E-state index contributed by atoms with van der Waals surface area (Å²) in [5.41, 5.74) is -0.439. The predicted octanol–water partition coefficient (Wildman–Crippen LogP) is 3.44. The minimum atomic E-state index is -0.639. The largest absolute Gasteiger partial charge is 0.460 e. The highest BCUT2D eigenvalue weighted by atomic mass is 16.5. The van der Waals surface area contributed by atoms with E-state index in [4.69, 9.17) is 18.6 Å². The highest BCUT2D eigenvalue weighted by Crippen LogP contribution is 2.32. The van der Waals surface area contributed by atoms with Gasteiger partial charge in [0.25, 0.3) is 0 Å². The maximum atomic E-state index is 12.8. The molecule has 1 aromatic heterocycles. The average Bonchev–Trinajstić information content (AvgIpc) is 2.57. The van der Waals surface area contributed by atoms with Crippen molar-refractivity contribution in [2.75, 3.05) is 0 Å². The van der Waals surface area contributed by atoms with Crippen molar-refractivity contribution in [3.05, 3.63) is 59.0 Å². The van der Waals surface area contributed by atoms with Crippen molar-refractivity contribution in [1.29, 1.82) is 0 Å². The SMILES string of the molecule is CC(=O)Oc1cc(OC(C)=O)c2c(=O)c(Oc3ccccc3)coc2c1. The van der Waals surface area contributed by atoms with Crippen LogP contribution < -0.4 is 19.6 Å². The molecule has 0 atom stereocenters. The van der Waals surface area contributed by atoms with E-state index >= 15 is 0 Å². The van der Waals surface area contributed by atoms with Crippen molar-refractivity contribution in [3.63, 3.8) is 0 Å². The molecular formula is C19H14O7. The number of carbonyl (C=O) groups excluding carboxylic acids is 2. The second-order valence-electron chi connectivity index (χ2n) is 5.33. The molecule has 0 saturated carbocycles. The number of fused-ring (bicyclic) bond motifs is 1. The van der Waals surface area contributed by atoms with Crippen LogP contribution in [-0.4, -0.2) is 11.9 Å². The van der Waals surface area contributed by atoms with Crippen LogP contribution in [0.1, 0.15) is 13.8 Å². The fraction of sp³-hybridized carbons (Fsp3) is 0.105. The molecule has 0 aliphatic rings. The molecule has 0 N–H and O–H groups in total. The zero-order valence-electron chi connectivity index (χ0n) is 14.0. The Balaban J connectivity index is 2.14. The summed E-state index contributed by atoms with van der Waals surface area (Å²) in [4.78, 5) is 35.3. The third kappa shape index (κ3) is 3.72. The molecule has 0 saturated heterocycles. The van der Waals surface area contributed by atoms with Gasteiger partial charge in [-0.3, -0.25) is 14.4 Å². The van der Waals surface area contributed by atoms with Crippen LogP contribution in [0.25, 0.3) is 11.0 Å². The minimum absolute atomic E-state index is 0.00420. The van der Waals surface area contributed by atoms with Gasteiger partial charge < -0.3 is 18.6 Å². The maximum absolute atomic E-state index is 12.8. The first-order chi connectivity index (χ1) is 12.4. The Hall–Kier alpha value is -3.61. The van der Waals surface area contributed by atoms with E-state index in [0.29, 0.717) is 5.75 Å². The van der Waals surface area contributed by atoms with Crippen LogP contribution in [0.4, 0.5) is 0 Å². The zero-order chi connectivity index (χ0) is 18.7. The van der Waals surface area contributed by atoms with Gasteiger partial charge in [0.2, 0.25) is 11.2 Å². The van der Waals surface area contributed by atoms with Gasteiger partial charge in [-0.2, -0.15) is 0 Å². The normalized spacial score (nSPS) is 10.4. The fourth-order valence-electron chi connectivity index (χ4n) is 2.32. The molecule has 0 aliphatic heterocycles. The number of esters is 2. The van der Waals surface area contributed by atoms with Crippen molar-refractivity contribution < 1.29 is 28.2 Å². The summed E-state index contributed by atoms with van der Waals surface area (Å²) in [6.45, 7) is 2.42. The van der Waals surface area contributed by atoms with Gasteiger partial charge in [0.15, 0.2) is 0 Å². The van der Waals surface area contributed by atoms with Crippen LogP contribution in [0.2, 0.25) is 0 Å². The van der Waals surface area contributed by atoms with Crippen LogP contribution in [0.5, 0.6) is 23.0 Å². The Morgan fingerprint density at radius 3 is 2.23 bits per heavy atom. The van der Waals surface area contributed by atoms with Gasteiger partial charge in [-0.25, -0.2) is 0 Å². The van der Waals surface area contributed by atoms with Crippen molar-refractivity contribution in [2.45, 2.75) is 13.8 Å². The molecule has 0 radical (unpaired) electrons. The highest BCUT2D eigenvalue weighted by Gasteiger charge is 2.18. The van der Waals surface area contributed by atoms with Crippen molar-refractivity contribution in [3.8, 4) is 23.0 Å². The summed E-state index contributed by atoms with van der Waals surface area (Å²) in [7, 11) is 0. The van der Waals surface area contributed by atoms with Gasteiger partial charge in [0.05, 0.1) is 0 Å². The first-order valence-corrected chi connectivity index (χ1v) is 7.63. The van der Waals surface area contributed by atoms with Crippen molar-refractivity contribution >= 4 is 22.9 Å². The lowest BCUT2D eigenvalue weighted by Crippen LogP contribution is -2.10. The molecule has 3 rings (SSSR count). The van der Waals surface area contributed by atoms with E-state index in [1.54, 1.807) is 24.3 Å². The molecule has 0 spiro atoms. The number of rotatable bonds is 4. The van der Waals surface area contributed by atoms with Gasteiger partial charge in [-0.1, -0.05) is 18.2 Å². The Morgan fingerprint density at radius 1 is 0.885 bits per heavy atom. The lowest BCUT2D eigenvalue weighted by Gasteiger charge is -2.10. The lowest BCUT2D eigenvalue weighted by molar-refractivity contribution is -0.132. The number of carbonyl (C=O) groups is 2. The molecule has 26 heavy (non-hydrogen) atoms. The molecule has 0 amide bonds. The zero-order valence-corrected chi connectivity index (χ0v) is 14.0. The molecule has 1 heterocycles. The molecule has 3 aromatic rings. The van der Waals surface area contributed by atoms with Gasteiger partial charge in [0.1, 0.15) is 34.5 Å². The second-order valence-corrected chi connectivity index (χ2v) is 5.33. The number of hydrogen-bond donors (Lipinski definition) is 0. The molecule has 0 fully saturated rings. The third-order valence-electron chi connectivity index (χ3n) is 3.27. The van der Waals surface area contributed by atoms with E-state index in [1.165, 1.54) is 26.0 Å². The first-order valence-electron chi connectivity index (χ1n) is 7.63. The van der Waals surface area contributed by atoms with E-state index < -0.39 is 17.4 Å². The van der Waals surface area contributed by atoms with E-state index in [1.807, 2.05) is 6.07 Å². The summed E-state index contributed by atoms with van der Waals surface area (Å²) in [5.74, 6) is -0.828. The first kappa shape index (κ1) is 17.2. The lowest BCUT2D eigenvalue weighted by atomic mass is 10.2. The van der Waals surface area contributed by atoms with E-state index in [-0.39, 0.29) is 28.2 Å². The number of ether oxygens (including phenoxy) is 3. The van der Waals surface area contributed by atoms with Crippen LogP contribution in [0.15, 0.2) is 57.9 Å². The summed E-state index contributed by atoms with van der Waals surface area (Å²) >= 11 is 0. The fourth-order valence-corrected chi connectivity index (χ4v) is 2.32. The molecule has 0 aliphatic carbocycles. The van der Waals surface area contributed by atoms with E-state index in [0.717, 1.165) is 6.26 Å². The summed E-state index contributed by atoms with van der Waals surface area (Å²) in [6.07, 6.45) is 1.15. The van der Waals surface area contributed by atoms with Gasteiger partial charge in [-0.15, -0.1) is 0 Å². The highest BCUT2D eigenvalue weighted by molar-refractivity contribution is 5.89. The monoisotopic (exact) mass is 354 g/mol. The number of para-hydroxylation sites is 1. The molecule has 7 nitrogen and oxygen atoms in total. The topological polar surface area (TPSA) is 92.0 Å². The molecular weight excluding hydrogens is 340 g/mol. The van der Waals surface area contributed by atoms with Crippen LogP contribution in [-0.2, 0) is 9.59 Å². The van der Waals surface area contributed by atoms with E-state index in [2.05, 4.69) is 0 Å². The smallest absolute Gasteiger partial charge is 0.308 e. The molecule has 2 aromatic carbocycles. The Labute approximate surface area is 147 Å². The maximum Gasteiger partial charge on any atom is 0.308 e. The second kappa shape index (κ2) is 7.10. The Kier molecular flexibility index (Phi) is 4.70. The Morgan fingerprint density at radius 2 is 1.58 bits per heavy atom. The van der Waals surface area contributed by atoms with Crippen LogP contribution in [0, 0.1) is 0 Å². The van der Waals surface area contributed by atoms with Crippen LogP contribution in [0.3, 0.4) is 0 Å². The molecule has 0 unspecified atom stereocenters. The summed E-state index contributed by atoms with van der Waals surface area (Å²) in [6, 6.07) is 11.3. The van der Waals surface area contributed by atoms with Crippen molar-refractivity contribution in [1.82, 2.24) is 0 Å². The molecule has 7 heteroatoms.